The van der Waals surface area contributed by atoms with Crippen LogP contribution in [-0.2, 0) is 0 Å². The summed E-state index contributed by atoms with van der Waals surface area (Å²) in [6.45, 7) is 1.74. The van der Waals surface area contributed by atoms with E-state index in [-0.39, 0.29) is 11.7 Å². The zero-order valence-electron chi connectivity index (χ0n) is 10.0. The minimum atomic E-state index is -0.326. The normalized spacial score (nSPS) is 10.3. The van der Waals surface area contributed by atoms with Crippen molar-refractivity contribution in [2.75, 3.05) is 5.32 Å². The summed E-state index contributed by atoms with van der Waals surface area (Å²) < 4.78 is 13.9. The molecule has 1 amide bonds. The van der Waals surface area contributed by atoms with E-state index in [9.17, 15) is 9.18 Å². The van der Waals surface area contributed by atoms with E-state index in [1.807, 2.05) is 0 Å². The number of carbonyl (C=O) groups is 1. The average Bonchev–Trinajstić information content (AvgIpc) is 2.36. The molecule has 0 aliphatic carbocycles. The van der Waals surface area contributed by atoms with Gasteiger partial charge in [-0.25, -0.2) is 4.39 Å². The van der Waals surface area contributed by atoms with E-state index in [0.717, 1.165) is 3.57 Å². The van der Waals surface area contributed by atoms with Crippen LogP contribution in [0.1, 0.15) is 15.9 Å². The van der Waals surface area contributed by atoms with Gasteiger partial charge >= 0.3 is 0 Å². The Balaban J connectivity index is 2.23. The zero-order chi connectivity index (χ0) is 14.0. The minimum Gasteiger partial charge on any atom is -0.322 e. The Morgan fingerprint density at radius 2 is 2.00 bits per heavy atom. The predicted octanol–water partition coefficient (Wildman–Crippen LogP) is 4.64. The van der Waals surface area contributed by atoms with Crippen LogP contribution in [-0.4, -0.2) is 5.91 Å². The highest BCUT2D eigenvalue weighted by molar-refractivity contribution is 14.1. The number of anilines is 1. The molecule has 0 fully saturated rings. The molecule has 19 heavy (non-hydrogen) atoms. The first-order chi connectivity index (χ1) is 8.97. The van der Waals surface area contributed by atoms with E-state index in [2.05, 4.69) is 27.9 Å². The molecule has 2 aromatic carbocycles. The molecule has 2 aromatic rings. The number of hydrogen-bond donors (Lipinski definition) is 1. The quantitative estimate of drug-likeness (QED) is 0.745. The van der Waals surface area contributed by atoms with Gasteiger partial charge in [-0.3, -0.25) is 4.79 Å². The van der Waals surface area contributed by atoms with Crippen LogP contribution in [0.3, 0.4) is 0 Å². The van der Waals surface area contributed by atoms with E-state index >= 15 is 0 Å². The van der Waals surface area contributed by atoms with Crippen LogP contribution >= 0.6 is 34.2 Å². The van der Waals surface area contributed by atoms with Crippen LogP contribution < -0.4 is 5.32 Å². The van der Waals surface area contributed by atoms with Gasteiger partial charge in [0.2, 0.25) is 0 Å². The topological polar surface area (TPSA) is 29.1 Å². The monoisotopic (exact) mass is 389 g/mol. The van der Waals surface area contributed by atoms with Gasteiger partial charge in [0.1, 0.15) is 5.82 Å². The third-order valence-electron chi connectivity index (χ3n) is 2.62. The first-order valence-electron chi connectivity index (χ1n) is 5.50. The van der Waals surface area contributed by atoms with Crippen molar-refractivity contribution < 1.29 is 9.18 Å². The molecule has 0 spiro atoms. The predicted molar refractivity (Wildman–Crippen MR) is 83.3 cm³/mol. The van der Waals surface area contributed by atoms with Gasteiger partial charge < -0.3 is 5.32 Å². The summed E-state index contributed by atoms with van der Waals surface area (Å²) in [6.07, 6.45) is 0. The lowest BCUT2D eigenvalue weighted by molar-refractivity contribution is 0.102. The number of aryl methyl sites for hydroxylation is 1. The van der Waals surface area contributed by atoms with Gasteiger partial charge in [0.25, 0.3) is 5.91 Å². The minimum absolute atomic E-state index is 0.270. The Morgan fingerprint density at radius 3 is 2.63 bits per heavy atom. The highest BCUT2D eigenvalue weighted by atomic mass is 127. The summed E-state index contributed by atoms with van der Waals surface area (Å²) in [5, 5.41) is 3.27. The number of carbonyl (C=O) groups excluding carboxylic acids is 1. The van der Waals surface area contributed by atoms with Gasteiger partial charge in [0.05, 0.1) is 5.02 Å². The fraction of sp³-hybridized carbons (Fsp3) is 0.0714. The molecule has 0 atom stereocenters. The van der Waals surface area contributed by atoms with Crippen LogP contribution in [0.15, 0.2) is 36.4 Å². The summed E-state index contributed by atoms with van der Waals surface area (Å²) in [4.78, 5) is 12.0. The highest BCUT2D eigenvalue weighted by Gasteiger charge is 2.09. The molecule has 5 heteroatoms. The molecule has 2 nitrogen and oxygen atoms in total. The Morgan fingerprint density at radius 1 is 1.26 bits per heavy atom. The fourth-order valence-electron chi connectivity index (χ4n) is 1.60. The van der Waals surface area contributed by atoms with Crippen molar-refractivity contribution in [3.8, 4) is 0 Å². The van der Waals surface area contributed by atoms with Crippen LogP contribution in [0.25, 0.3) is 0 Å². The van der Waals surface area contributed by atoms with Crippen LogP contribution in [0.5, 0.6) is 0 Å². The van der Waals surface area contributed by atoms with Gasteiger partial charge in [0, 0.05) is 14.8 Å². The molecule has 0 heterocycles. The lowest BCUT2D eigenvalue weighted by Gasteiger charge is -2.09. The molecule has 0 unspecified atom stereocenters. The number of amides is 1. The van der Waals surface area contributed by atoms with Crippen molar-refractivity contribution in [3.63, 3.8) is 0 Å². The molecule has 0 radical (unpaired) electrons. The van der Waals surface area contributed by atoms with Gasteiger partial charge in [-0.05, 0) is 71.5 Å². The number of benzene rings is 2. The zero-order valence-corrected chi connectivity index (χ0v) is 12.9. The first kappa shape index (κ1) is 14.3. The third-order valence-corrected chi connectivity index (χ3v) is 4.19. The summed E-state index contributed by atoms with van der Waals surface area (Å²) in [5.41, 5.74) is 1.72. The van der Waals surface area contributed by atoms with E-state index in [1.54, 1.807) is 25.1 Å². The Hall–Kier alpha value is -1.14. The second-order valence-electron chi connectivity index (χ2n) is 4.04. The molecule has 0 saturated carbocycles. The van der Waals surface area contributed by atoms with Gasteiger partial charge in [-0.2, -0.15) is 0 Å². The van der Waals surface area contributed by atoms with E-state index in [0.29, 0.717) is 21.8 Å². The molecule has 0 bridgehead atoms. The van der Waals surface area contributed by atoms with Crippen LogP contribution in [0.4, 0.5) is 10.1 Å². The van der Waals surface area contributed by atoms with Crippen molar-refractivity contribution in [1.29, 1.82) is 0 Å². The lowest BCUT2D eigenvalue weighted by Crippen LogP contribution is -2.12. The van der Waals surface area contributed by atoms with Crippen molar-refractivity contribution in [1.82, 2.24) is 0 Å². The largest absolute Gasteiger partial charge is 0.322 e. The van der Waals surface area contributed by atoms with Crippen LogP contribution in [0.2, 0.25) is 5.02 Å². The Bertz CT molecular complexity index is 645. The maximum atomic E-state index is 13.0. The number of nitrogens with one attached hydrogen (secondary N) is 1. The third kappa shape index (κ3) is 3.45. The lowest BCUT2D eigenvalue weighted by atomic mass is 10.1. The second kappa shape index (κ2) is 5.88. The summed E-state index contributed by atoms with van der Waals surface area (Å²) in [6, 6.07) is 9.30. The molecular formula is C14H10ClFINO. The van der Waals surface area contributed by atoms with Crippen molar-refractivity contribution in [2.24, 2.45) is 0 Å². The second-order valence-corrected chi connectivity index (χ2v) is 5.61. The number of hydrogen-bond acceptors (Lipinski definition) is 1. The molecule has 1 N–H and O–H groups in total. The maximum absolute atomic E-state index is 13.0. The molecule has 2 rings (SSSR count). The van der Waals surface area contributed by atoms with E-state index in [1.165, 1.54) is 18.2 Å². The fourth-order valence-corrected chi connectivity index (χ4v) is 2.12. The highest BCUT2D eigenvalue weighted by Crippen LogP contribution is 2.21. The first-order valence-corrected chi connectivity index (χ1v) is 6.95. The van der Waals surface area contributed by atoms with E-state index < -0.39 is 0 Å². The average molecular weight is 390 g/mol. The van der Waals surface area contributed by atoms with Crippen LogP contribution in [0, 0.1) is 16.3 Å². The van der Waals surface area contributed by atoms with Crippen molar-refractivity contribution in [2.45, 2.75) is 6.92 Å². The van der Waals surface area contributed by atoms with E-state index in [4.69, 9.17) is 11.6 Å². The van der Waals surface area contributed by atoms with Crippen molar-refractivity contribution >= 4 is 45.8 Å². The molecule has 0 aliphatic rings. The summed E-state index contributed by atoms with van der Waals surface area (Å²) in [5.74, 6) is -0.596. The van der Waals surface area contributed by atoms with Gasteiger partial charge in [0.15, 0.2) is 0 Å². The standard InChI is InChI=1S/C14H10ClFINO/c1-8-6-10(16)3-5-13(8)18-14(19)9-2-4-12(17)11(15)7-9/h2-7H,1H3,(H,18,19). The van der Waals surface area contributed by atoms with Gasteiger partial charge in [-0.1, -0.05) is 11.6 Å². The molecule has 0 saturated heterocycles. The van der Waals surface area contributed by atoms with Gasteiger partial charge in [-0.15, -0.1) is 0 Å². The Kier molecular flexibility index (Phi) is 4.42. The SMILES string of the molecule is Cc1cc(F)ccc1NC(=O)c1ccc(I)c(Cl)c1. The summed E-state index contributed by atoms with van der Waals surface area (Å²) in [7, 11) is 0. The molecule has 98 valence electrons. The smallest absolute Gasteiger partial charge is 0.255 e. The maximum Gasteiger partial charge on any atom is 0.255 e. The summed E-state index contributed by atoms with van der Waals surface area (Å²) >= 11 is 8.07. The number of rotatable bonds is 2. The number of halogens is 3. The van der Waals surface area contributed by atoms with Crippen molar-refractivity contribution in [3.05, 3.63) is 61.9 Å². The Labute approximate surface area is 129 Å². The molecule has 0 aliphatic heterocycles. The molecule has 0 aromatic heterocycles. The molecular weight excluding hydrogens is 380 g/mol.